The average molecular weight is 332 g/mol. The molecule has 0 aliphatic rings. The molecule has 1 amide bonds. The van der Waals surface area contributed by atoms with Crippen LogP contribution in [0.5, 0.6) is 0 Å². The minimum Gasteiger partial charge on any atom is -0.351 e. The number of hydrogen-bond donors (Lipinski definition) is 2. The van der Waals surface area contributed by atoms with Crippen LogP contribution in [0.1, 0.15) is 16.7 Å². The average Bonchev–Trinajstić information content (AvgIpc) is 2.54. The van der Waals surface area contributed by atoms with Crippen molar-refractivity contribution in [1.82, 2.24) is 10.0 Å². The minimum atomic E-state index is -3.69. The molecule has 6 heteroatoms. The lowest BCUT2D eigenvalue weighted by atomic mass is 10.1. The van der Waals surface area contributed by atoms with Crippen molar-refractivity contribution in [3.63, 3.8) is 0 Å². The second-order valence-electron chi connectivity index (χ2n) is 5.33. The van der Waals surface area contributed by atoms with Gasteiger partial charge in [0.1, 0.15) is 0 Å². The minimum absolute atomic E-state index is 0.163. The largest absolute Gasteiger partial charge is 0.351 e. The zero-order valence-electron chi connectivity index (χ0n) is 13.2. The molecule has 2 N–H and O–H groups in total. The van der Waals surface area contributed by atoms with E-state index in [1.165, 1.54) is 6.07 Å². The van der Waals surface area contributed by atoms with Gasteiger partial charge in [0.25, 0.3) is 0 Å². The van der Waals surface area contributed by atoms with Crippen molar-refractivity contribution < 1.29 is 13.2 Å². The highest BCUT2D eigenvalue weighted by Gasteiger charge is 2.15. The molecular formula is C17H20N2O3S. The maximum Gasteiger partial charge on any atom is 0.241 e. The molecule has 0 aliphatic carbocycles. The van der Waals surface area contributed by atoms with E-state index in [-0.39, 0.29) is 17.3 Å². The SMILES string of the molecule is Cc1ccc(S(=O)(=O)NCC(=O)NCc2ccccc2)cc1C. The lowest BCUT2D eigenvalue weighted by Crippen LogP contribution is -2.36. The third kappa shape index (κ3) is 4.91. The fourth-order valence-electron chi connectivity index (χ4n) is 1.98. The van der Waals surface area contributed by atoms with Gasteiger partial charge in [-0.15, -0.1) is 0 Å². The lowest BCUT2D eigenvalue weighted by molar-refractivity contribution is -0.120. The van der Waals surface area contributed by atoms with Gasteiger partial charge in [0.2, 0.25) is 15.9 Å². The second-order valence-corrected chi connectivity index (χ2v) is 7.10. The van der Waals surface area contributed by atoms with Gasteiger partial charge in [-0.2, -0.15) is 0 Å². The first kappa shape index (κ1) is 17.2. The zero-order valence-corrected chi connectivity index (χ0v) is 14.0. The number of hydrogen-bond acceptors (Lipinski definition) is 3. The van der Waals surface area contributed by atoms with Crippen LogP contribution in [0.15, 0.2) is 53.4 Å². The number of aryl methyl sites for hydroxylation is 2. The molecule has 0 saturated heterocycles. The number of rotatable bonds is 6. The molecule has 0 bridgehead atoms. The Morgan fingerprint density at radius 3 is 2.35 bits per heavy atom. The standard InChI is InChI=1S/C17H20N2O3S/c1-13-8-9-16(10-14(13)2)23(21,22)19-12-17(20)18-11-15-6-4-3-5-7-15/h3-10,19H,11-12H2,1-2H3,(H,18,20). The summed E-state index contributed by atoms with van der Waals surface area (Å²) in [5.41, 5.74) is 2.86. The van der Waals surface area contributed by atoms with Crippen LogP contribution in [0.2, 0.25) is 0 Å². The molecule has 0 spiro atoms. The lowest BCUT2D eigenvalue weighted by Gasteiger charge is -2.09. The van der Waals surface area contributed by atoms with Crippen LogP contribution in [0, 0.1) is 13.8 Å². The molecule has 0 atom stereocenters. The predicted molar refractivity (Wildman–Crippen MR) is 89.4 cm³/mol. The van der Waals surface area contributed by atoms with Crippen molar-refractivity contribution in [2.75, 3.05) is 6.54 Å². The highest BCUT2D eigenvalue weighted by atomic mass is 32.2. The van der Waals surface area contributed by atoms with Gasteiger partial charge in [-0.05, 0) is 42.7 Å². The third-order valence-electron chi connectivity index (χ3n) is 3.54. The molecule has 2 aromatic rings. The Labute approximate surface area is 136 Å². The van der Waals surface area contributed by atoms with Gasteiger partial charge >= 0.3 is 0 Å². The molecule has 5 nitrogen and oxygen atoms in total. The third-order valence-corrected chi connectivity index (χ3v) is 4.94. The monoisotopic (exact) mass is 332 g/mol. The summed E-state index contributed by atoms with van der Waals surface area (Å²) in [5.74, 6) is -0.374. The van der Waals surface area contributed by atoms with Crippen molar-refractivity contribution >= 4 is 15.9 Å². The van der Waals surface area contributed by atoms with E-state index < -0.39 is 10.0 Å². The number of nitrogens with one attached hydrogen (secondary N) is 2. The van der Waals surface area contributed by atoms with Gasteiger partial charge in [-0.1, -0.05) is 36.4 Å². The van der Waals surface area contributed by atoms with Gasteiger partial charge in [-0.25, -0.2) is 13.1 Å². The van der Waals surface area contributed by atoms with Gasteiger partial charge in [-0.3, -0.25) is 4.79 Å². The van der Waals surface area contributed by atoms with E-state index in [1.807, 2.05) is 44.2 Å². The number of carbonyl (C=O) groups is 1. The van der Waals surface area contributed by atoms with E-state index in [0.717, 1.165) is 16.7 Å². The number of amides is 1. The molecule has 2 aromatic carbocycles. The Hall–Kier alpha value is -2.18. The molecule has 23 heavy (non-hydrogen) atoms. The fourth-order valence-corrected chi connectivity index (χ4v) is 3.05. The zero-order chi connectivity index (χ0) is 16.9. The summed E-state index contributed by atoms with van der Waals surface area (Å²) >= 11 is 0. The second kappa shape index (κ2) is 7.39. The van der Waals surface area contributed by atoms with Gasteiger partial charge in [0.15, 0.2) is 0 Å². The van der Waals surface area contributed by atoms with E-state index in [0.29, 0.717) is 6.54 Å². The van der Waals surface area contributed by atoms with Crippen molar-refractivity contribution in [2.24, 2.45) is 0 Å². The first-order chi connectivity index (χ1) is 10.9. The molecule has 0 heterocycles. The number of sulfonamides is 1. The molecule has 2 rings (SSSR count). The van der Waals surface area contributed by atoms with E-state index in [2.05, 4.69) is 10.0 Å². The molecule has 0 radical (unpaired) electrons. The van der Waals surface area contributed by atoms with Crippen LogP contribution in [0.4, 0.5) is 0 Å². The number of benzene rings is 2. The van der Waals surface area contributed by atoms with Crippen LogP contribution in [-0.4, -0.2) is 20.9 Å². The van der Waals surface area contributed by atoms with E-state index in [9.17, 15) is 13.2 Å². The van der Waals surface area contributed by atoms with Crippen molar-refractivity contribution in [1.29, 1.82) is 0 Å². The first-order valence-corrected chi connectivity index (χ1v) is 8.74. The maximum absolute atomic E-state index is 12.2. The Bertz CT molecular complexity index is 787. The predicted octanol–water partition coefficient (Wildman–Crippen LogP) is 1.90. The Morgan fingerprint density at radius 2 is 1.70 bits per heavy atom. The summed E-state index contributed by atoms with van der Waals surface area (Å²) in [7, 11) is -3.69. The van der Waals surface area contributed by atoms with Crippen LogP contribution in [0.25, 0.3) is 0 Å². The summed E-state index contributed by atoms with van der Waals surface area (Å²) in [6.07, 6.45) is 0. The van der Waals surface area contributed by atoms with Crippen LogP contribution >= 0.6 is 0 Å². The summed E-state index contributed by atoms with van der Waals surface area (Å²) in [6, 6.07) is 14.3. The van der Waals surface area contributed by atoms with E-state index in [1.54, 1.807) is 12.1 Å². The quantitative estimate of drug-likeness (QED) is 0.848. The molecule has 0 saturated carbocycles. The van der Waals surface area contributed by atoms with Crippen molar-refractivity contribution in [3.8, 4) is 0 Å². The summed E-state index contributed by atoms with van der Waals surface area (Å²) in [6.45, 7) is 3.84. The van der Waals surface area contributed by atoms with Crippen LogP contribution < -0.4 is 10.0 Å². The summed E-state index contributed by atoms with van der Waals surface area (Å²) in [5, 5.41) is 2.68. The van der Waals surface area contributed by atoms with Gasteiger partial charge in [0, 0.05) is 6.54 Å². The highest BCUT2D eigenvalue weighted by molar-refractivity contribution is 7.89. The van der Waals surface area contributed by atoms with Gasteiger partial charge < -0.3 is 5.32 Å². The smallest absolute Gasteiger partial charge is 0.241 e. The summed E-state index contributed by atoms with van der Waals surface area (Å²) < 4.78 is 26.7. The van der Waals surface area contributed by atoms with Crippen LogP contribution in [0.3, 0.4) is 0 Å². The Morgan fingerprint density at radius 1 is 1.00 bits per heavy atom. The van der Waals surface area contributed by atoms with E-state index >= 15 is 0 Å². The fraction of sp³-hybridized carbons (Fsp3) is 0.235. The topological polar surface area (TPSA) is 75.3 Å². The maximum atomic E-state index is 12.2. The Balaban J connectivity index is 1.91. The van der Waals surface area contributed by atoms with E-state index in [4.69, 9.17) is 0 Å². The normalized spacial score (nSPS) is 11.2. The molecule has 122 valence electrons. The molecular weight excluding hydrogens is 312 g/mol. The highest BCUT2D eigenvalue weighted by Crippen LogP contribution is 2.14. The molecule has 0 fully saturated rings. The molecule has 0 unspecified atom stereocenters. The molecule has 0 aliphatic heterocycles. The number of carbonyl (C=O) groups excluding carboxylic acids is 1. The Kier molecular flexibility index (Phi) is 5.52. The van der Waals surface area contributed by atoms with Crippen molar-refractivity contribution in [3.05, 3.63) is 65.2 Å². The first-order valence-electron chi connectivity index (χ1n) is 7.26. The van der Waals surface area contributed by atoms with Crippen molar-refractivity contribution in [2.45, 2.75) is 25.3 Å². The van der Waals surface area contributed by atoms with Gasteiger partial charge in [0.05, 0.1) is 11.4 Å². The van der Waals surface area contributed by atoms with Crippen LogP contribution in [-0.2, 0) is 21.4 Å². The summed E-state index contributed by atoms with van der Waals surface area (Å²) in [4.78, 5) is 11.9. The molecule has 0 aromatic heterocycles.